The third-order valence-corrected chi connectivity index (χ3v) is 4.86. The maximum absolute atomic E-state index is 13.3. The summed E-state index contributed by atoms with van der Waals surface area (Å²) in [6.45, 7) is 0.0700. The minimum atomic E-state index is -2.64. The van der Waals surface area contributed by atoms with Crippen molar-refractivity contribution in [1.29, 1.82) is 0 Å². The van der Waals surface area contributed by atoms with Gasteiger partial charge in [0.15, 0.2) is 11.5 Å². The van der Waals surface area contributed by atoms with Gasteiger partial charge in [-0.1, -0.05) is 17.3 Å². The molecule has 142 valence electrons. The fraction of sp³-hybridized carbons (Fsp3) is 0.278. The van der Waals surface area contributed by atoms with Gasteiger partial charge < -0.3 is 4.52 Å². The SMILES string of the molecule is Cn1ncc2c(=O)n(Cc3noc(-c4cccc(C5CC5(F)F)c4)n3)cnc21. The second-order valence-corrected chi connectivity index (χ2v) is 6.84. The highest BCUT2D eigenvalue weighted by Crippen LogP contribution is 2.55. The topological polar surface area (TPSA) is 91.6 Å². The van der Waals surface area contributed by atoms with Crippen LogP contribution in [0.1, 0.15) is 23.7 Å². The number of nitrogens with zero attached hydrogens (tertiary/aromatic N) is 6. The molecule has 0 radical (unpaired) electrons. The second kappa shape index (κ2) is 5.78. The summed E-state index contributed by atoms with van der Waals surface area (Å²) in [5.41, 5.74) is 1.34. The number of halogens is 2. The van der Waals surface area contributed by atoms with Crippen LogP contribution in [0.5, 0.6) is 0 Å². The molecule has 3 aromatic heterocycles. The van der Waals surface area contributed by atoms with E-state index in [1.54, 1.807) is 31.3 Å². The van der Waals surface area contributed by atoms with Gasteiger partial charge in [-0.15, -0.1) is 0 Å². The highest BCUT2D eigenvalue weighted by atomic mass is 19.3. The first-order valence-electron chi connectivity index (χ1n) is 8.60. The quantitative estimate of drug-likeness (QED) is 0.536. The molecule has 1 saturated carbocycles. The van der Waals surface area contributed by atoms with Gasteiger partial charge in [-0.25, -0.2) is 13.8 Å². The van der Waals surface area contributed by atoms with E-state index in [4.69, 9.17) is 4.52 Å². The van der Waals surface area contributed by atoms with E-state index in [-0.39, 0.29) is 30.2 Å². The van der Waals surface area contributed by atoms with Crippen LogP contribution in [0.4, 0.5) is 8.78 Å². The Morgan fingerprint density at radius 2 is 2.18 bits per heavy atom. The molecule has 1 aromatic carbocycles. The first kappa shape index (κ1) is 16.7. The fourth-order valence-corrected chi connectivity index (χ4v) is 3.23. The van der Waals surface area contributed by atoms with Crippen molar-refractivity contribution in [3.63, 3.8) is 0 Å². The lowest BCUT2D eigenvalue weighted by Gasteiger charge is -2.02. The molecule has 0 bridgehead atoms. The lowest BCUT2D eigenvalue weighted by atomic mass is 10.1. The van der Waals surface area contributed by atoms with Crippen LogP contribution in [0.2, 0.25) is 0 Å². The van der Waals surface area contributed by atoms with Crippen molar-refractivity contribution in [2.24, 2.45) is 7.05 Å². The van der Waals surface area contributed by atoms with Gasteiger partial charge in [0.2, 0.25) is 0 Å². The molecule has 4 aromatic rings. The summed E-state index contributed by atoms with van der Waals surface area (Å²) in [6, 6.07) is 6.71. The van der Waals surface area contributed by atoms with Gasteiger partial charge in [-0.2, -0.15) is 10.1 Å². The molecule has 28 heavy (non-hydrogen) atoms. The van der Waals surface area contributed by atoms with Gasteiger partial charge in [0.25, 0.3) is 17.4 Å². The van der Waals surface area contributed by atoms with Crippen LogP contribution in [0.3, 0.4) is 0 Å². The van der Waals surface area contributed by atoms with Gasteiger partial charge in [0.1, 0.15) is 11.7 Å². The van der Waals surface area contributed by atoms with Gasteiger partial charge in [0.05, 0.1) is 18.7 Å². The Kier molecular flexibility index (Phi) is 3.45. The van der Waals surface area contributed by atoms with Gasteiger partial charge >= 0.3 is 0 Å². The van der Waals surface area contributed by atoms with Crippen molar-refractivity contribution in [3.05, 3.63) is 58.5 Å². The first-order valence-corrected chi connectivity index (χ1v) is 8.60. The molecule has 1 fully saturated rings. The molecule has 3 heterocycles. The zero-order chi connectivity index (χ0) is 19.5. The Hall–Kier alpha value is -3.43. The van der Waals surface area contributed by atoms with E-state index in [9.17, 15) is 13.6 Å². The molecule has 8 nitrogen and oxygen atoms in total. The molecule has 0 aliphatic heterocycles. The smallest absolute Gasteiger partial charge is 0.264 e. The van der Waals surface area contributed by atoms with E-state index in [1.807, 2.05) is 0 Å². The maximum Gasteiger partial charge on any atom is 0.264 e. The van der Waals surface area contributed by atoms with Crippen LogP contribution in [-0.4, -0.2) is 35.4 Å². The van der Waals surface area contributed by atoms with Crippen molar-refractivity contribution in [1.82, 2.24) is 29.5 Å². The predicted molar refractivity (Wildman–Crippen MR) is 93.9 cm³/mol. The van der Waals surface area contributed by atoms with Gasteiger partial charge in [-0.3, -0.25) is 14.0 Å². The van der Waals surface area contributed by atoms with Crippen LogP contribution in [0.15, 0.2) is 46.1 Å². The third-order valence-electron chi connectivity index (χ3n) is 4.86. The van der Waals surface area contributed by atoms with Gasteiger partial charge in [0, 0.05) is 19.0 Å². The Morgan fingerprint density at radius 1 is 1.36 bits per heavy atom. The third kappa shape index (κ3) is 2.68. The normalized spacial score (nSPS) is 17.9. The highest BCUT2D eigenvalue weighted by Gasteiger charge is 2.57. The van der Waals surface area contributed by atoms with E-state index in [1.165, 1.54) is 21.8 Å². The molecule has 0 spiro atoms. The molecule has 1 atom stereocenters. The molecular weight excluding hydrogens is 370 g/mol. The first-order chi connectivity index (χ1) is 13.4. The van der Waals surface area contributed by atoms with Crippen molar-refractivity contribution < 1.29 is 13.3 Å². The largest absolute Gasteiger partial charge is 0.334 e. The van der Waals surface area contributed by atoms with Crippen LogP contribution in [0, 0.1) is 0 Å². The summed E-state index contributed by atoms with van der Waals surface area (Å²) in [5, 5.41) is 8.31. The number of aromatic nitrogens is 6. The van der Waals surface area contributed by atoms with E-state index >= 15 is 0 Å². The summed E-state index contributed by atoms with van der Waals surface area (Å²) in [4.78, 5) is 21.0. The average Bonchev–Trinajstić information content (AvgIpc) is 3.01. The zero-order valence-electron chi connectivity index (χ0n) is 14.7. The molecule has 0 saturated heterocycles. The van der Waals surface area contributed by atoms with E-state index in [0.717, 1.165) is 0 Å². The van der Waals surface area contributed by atoms with E-state index in [0.29, 0.717) is 22.2 Å². The van der Waals surface area contributed by atoms with Crippen molar-refractivity contribution in [2.45, 2.75) is 24.8 Å². The summed E-state index contributed by atoms with van der Waals surface area (Å²) in [7, 11) is 1.70. The maximum atomic E-state index is 13.3. The molecule has 5 rings (SSSR count). The Morgan fingerprint density at radius 3 is 2.96 bits per heavy atom. The minimum Gasteiger partial charge on any atom is -0.334 e. The van der Waals surface area contributed by atoms with Gasteiger partial charge in [-0.05, 0) is 17.7 Å². The second-order valence-electron chi connectivity index (χ2n) is 6.84. The van der Waals surface area contributed by atoms with E-state index < -0.39 is 11.8 Å². The number of alkyl halides is 2. The Balaban J connectivity index is 1.42. The lowest BCUT2D eigenvalue weighted by Crippen LogP contribution is -2.21. The van der Waals surface area contributed by atoms with Crippen molar-refractivity contribution in [2.75, 3.05) is 0 Å². The molecule has 1 aliphatic carbocycles. The average molecular weight is 384 g/mol. The monoisotopic (exact) mass is 384 g/mol. The molecule has 0 N–H and O–H groups in total. The molecule has 1 aliphatic rings. The highest BCUT2D eigenvalue weighted by molar-refractivity contribution is 5.72. The van der Waals surface area contributed by atoms with Crippen LogP contribution in [-0.2, 0) is 13.6 Å². The zero-order valence-corrected chi connectivity index (χ0v) is 14.7. The van der Waals surface area contributed by atoms with Crippen molar-refractivity contribution in [3.8, 4) is 11.5 Å². The Bertz CT molecular complexity index is 1260. The summed E-state index contributed by atoms with van der Waals surface area (Å²) >= 11 is 0. The number of hydrogen-bond donors (Lipinski definition) is 0. The Labute approximate surface area is 156 Å². The van der Waals surface area contributed by atoms with Crippen LogP contribution in [0.25, 0.3) is 22.5 Å². The van der Waals surface area contributed by atoms with Crippen LogP contribution < -0.4 is 5.56 Å². The molecule has 10 heteroatoms. The lowest BCUT2D eigenvalue weighted by molar-refractivity contribution is 0.112. The predicted octanol–water partition coefficient (Wildman–Crippen LogP) is 2.35. The number of fused-ring (bicyclic) bond motifs is 1. The number of aryl methyl sites for hydroxylation is 1. The number of rotatable bonds is 4. The van der Waals surface area contributed by atoms with Crippen LogP contribution >= 0.6 is 0 Å². The molecule has 1 unspecified atom stereocenters. The molecular formula is C18H14F2N6O2. The minimum absolute atomic E-state index is 0.0700. The number of hydrogen-bond acceptors (Lipinski definition) is 6. The van der Waals surface area contributed by atoms with Crippen molar-refractivity contribution >= 4 is 11.0 Å². The summed E-state index contributed by atoms with van der Waals surface area (Å²) in [5.74, 6) is -2.91. The standard InChI is InChI=1S/C18H14F2N6O2/c1-25-15-12(7-22-25)17(27)26(9-21-15)8-14-23-16(28-24-14)11-4-2-3-10(5-11)13-6-18(13,19)20/h2-5,7,9,13H,6,8H2,1H3. The number of benzene rings is 1. The summed E-state index contributed by atoms with van der Waals surface area (Å²) in [6.07, 6.45) is 2.72. The fourth-order valence-electron chi connectivity index (χ4n) is 3.23. The molecule has 0 amide bonds. The van der Waals surface area contributed by atoms with E-state index in [2.05, 4.69) is 20.2 Å². The summed E-state index contributed by atoms with van der Waals surface area (Å²) < 4.78 is 34.8.